The second-order valence-corrected chi connectivity index (χ2v) is 3.46. The van der Waals surface area contributed by atoms with Crippen LogP contribution in [-0.4, -0.2) is 26.8 Å². The van der Waals surface area contributed by atoms with Crippen molar-refractivity contribution in [2.24, 2.45) is 0 Å². The summed E-state index contributed by atoms with van der Waals surface area (Å²) in [6.07, 6.45) is 4.77. The summed E-state index contributed by atoms with van der Waals surface area (Å²) in [7, 11) is 1.81. The normalized spacial score (nSPS) is 10.3. The van der Waals surface area contributed by atoms with Crippen LogP contribution in [-0.2, 0) is 0 Å². The molecule has 0 spiro atoms. The Morgan fingerprint density at radius 1 is 1.40 bits per heavy atom. The summed E-state index contributed by atoms with van der Waals surface area (Å²) in [5.74, 6) is 1.51. The van der Waals surface area contributed by atoms with Crippen molar-refractivity contribution in [1.82, 2.24) is 19.7 Å². The molecule has 78 valence electrons. The molecule has 5 nitrogen and oxygen atoms in total. The lowest BCUT2D eigenvalue weighted by molar-refractivity contribution is 0.830. The van der Waals surface area contributed by atoms with Gasteiger partial charge in [-0.05, 0) is 6.92 Å². The van der Waals surface area contributed by atoms with E-state index in [1.54, 1.807) is 17.1 Å². The van der Waals surface area contributed by atoms with Gasteiger partial charge in [-0.15, -0.1) is 0 Å². The summed E-state index contributed by atoms with van der Waals surface area (Å²) in [5.41, 5.74) is 0.930. The Hall–Kier alpha value is -1.62. The van der Waals surface area contributed by atoms with E-state index < -0.39 is 0 Å². The first-order chi connectivity index (χ1) is 7.22. The highest BCUT2D eigenvalue weighted by atomic mass is 35.5. The van der Waals surface area contributed by atoms with Crippen LogP contribution >= 0.6 is 11.6 Å². The standard InChI is InChI=1S/C9H10ClN5/c1-6-8(11-2)12-5-13-9(6)15-4-7(10)3-14-15/h3-5H,1-2H3,(H,11,12,13). The van der Waals surface area contributed by atoms with E-state index >= 15 is 0 Å². The zero-order chi connectivity index (χ0) is 10.8. The largest absolute Gasteiger partial charge is 0.373 e. The predicted molar refractivity (Wildman–Crippen MR) is 58.4 cm³/mol. The Morgan fingerprint density at radius 3 is 2.80 bits per heavy atom. The van der Waals surface area contributed by atoms with Crippen LogP contribution in [0.2, 0.25) is 5.02 Å². The van der Waals surface area contributed by atoms with Crippen molar-refractivity contribution in [2.45, 2.75) is 6.92 Å². The molecule has 0 unspecified atom stereocenters. The third kappa shape index (κ3) is 1.78. The van der Waals surface area contributed by atoms with Gasteiger partial charge in [-0.1, -0.05) is 11.6 Å². The smallest absolute Gasteiger partial charge is 0.161 e. The van der Waals surface area contributed by atoms with Crippen LogP contribution in [0.15, 0.2) is 18.7 Å². The van der Waals surface area contributed by atoms with Crippen molar-refractivity contribution >= 4 is 17.4 Å². The second-order valence-electron chi connectivity index (χ2n) is 3.02. The molecule has 2 aromatic heterocycles. The Balaban J connectivity index is 2.53. The number of rotatable bonds is 2. The van der Waals surface area contributed by atoms with Crippen molar-refractivity contribution in [3.05, 3.63) is 29.3 Å². The number of nitrogens with zero attached hydrogens (tertiary/aromatic N) is 4. The average molecular weight is 224 g/mol. The predicted octanol–water partition coefficient (Wildman–Crippen LogP) is 1.67. The van der Waals surface area contributed by atoms with Gasteiger partial charge >= 0.3 is 0 Å². The summed E-state index contributed by atoms with van der Waals surface area (Å²) in [6, 6.07) is 0. The molecular weight excluding hydrogens is 214 g/mol. The van der Waals surface area contributed by atoms with E-state index in [2.05, 4.69) is 20.4 Å². The van der Waals surface area contributed by atoms with Gasteiger partial charge in [-0.25, -0.2) is 14.6 Å². The van der Waals surface area contributed by atoms with Crippen LogP contribution in [0, 0.1) is 6.92 Å². The molecule has 0 aromatic carbocycles. The highest BCUT2D eigenvalue weighted by molar-refractivity contribution is 6.30. The van der Waals surface area contributed by atoms with Crippen molar-refractivity contribution in [3.63, 3.8) is 0 Å². The van der Waals surface area contributed by atoms with Gasteiger partial charge < -0.3 is 5.32 Å². The van der Waals surface area contributed by atoms with Gasteiger partial charge in [0.2, 0.25) is 0 Å². The van der Waals surface area contributed by atoms with E-state index in [1.165, 1.54) is 6.33 Å². The van der Waals surface area contributed by atoms with Crippen molar-refractivity contribution in [2.75, 3.05) is 12.4 Å². The van der Waals surface area contributed by atoms with Crippen LogP contribution in [0.25, 0.3) is 5.82 Å². The minimum absolute atomic E-state index is 0.582. The average Bonchev–Trinajstić information content (AvgIpc) is 2.65. The lowest BCUT2D eigenvalue weighted by Crippen LogP contribution is -2.05. The Labute approximate surface area is 92.1 Å². The lowest BCUT2D eigenvalue weighted by atomic mass is 10.3. The molecule has 2 rings (SSSR count). The molecule has 0 saturated carbocycles. The molecular formula is C9H10ClN5. The summed E-state index contributed by atoms with van der Waals surface area (Å²) < 4.78 is 1.63. The highest BCUT2D eigenvalue weighted by Gasteiger charge is 2.08. The Kier molecular flexibility index (Phi) is 2.55. The first-order valence-corrected chi connectivity index (χ1v) is 4.80. The maximum absolute atomic E-state index is 5.79. The molecule has 0 aliphatic carbocycles. The van der Waals surface area contributed by atoms with Crippen LogP contribution < -0.4 is 5.32 Å². The van der Waals surface area contributed by atoms with Crippen LogP contribution in [0.4, 0.5) is 5.82 Å². The van der Waals surface area contributed by atoms with Gasteiger partial charge in [0, 0.05) is 12.6 Å². The molecule has 2 heterocycles. The zero-order valence-electron chi connectivity index (χ0n) is 8.40. The van der Waals surface area contributed by atoms with Crippen molar-refractivity contribution in [1.29, 1.82) is 0 Å². The molecule has 15 heavy (non-hydrogen) atoms. The lowest BCUT2D eigenvalue weighted by Gasteiger charge is -2.07. The van der Waals surface area contributed by atoms with Crippen LogP contribution in [0.1, 0.15) is 5.56 Å². The molecule has 6 heteroatoms. The monoisotopic (exact) mass is 223 g/mol. The number of nitrogens with one attached hydrogen (secondary N) is 1. The molecule has 0 bridgehead atoms. The van der Waals surface area contributed by atoms with Gasteiger partial charge in [-0.3, -0.25) is 0 Å². The minimum Gasteiger partial charge on any atom is -0.373 e. The SMILES string of the molecule is CNc1ncnc(-n2cc(Cl)cn2)c1C. The molecule has 2 aromatic rings. The summed E-state index contributed by atoms with van der Waals surface area (Å²) in [4.78, 5) is 8.25. The maximum atomic E-state index is 5.79. The molecule has 0 aliphatic heterocycles. The van der Waals surface area contributed by atoms with Gasteiger partial charge in [0.05, 0.1) is 17.4 Å². The maximum Gasteiger partial charge on any atom is 0.161 e. The molecule has 0 aliphatic rings. The molecule has 0 atom stereocenters. The van der Waals surface area contributed by atoms with Gasteiger partial charge in [0.1, 0.15) is 12.1 Å². The molecule has 0 saturated heterocycles. The number of anilines is 1. The van der Waals surface area contributed by atoms with Crippen LogP contribution in [0.5, 0.6) is 0 Å². The molecule has 0 amide bonds. The van der Waals surface area contributed by atoms with Crippen molar-refractivity contribution in [3.8, 4) is 5.82 Å². The number of aromatic nitrogens is 4. The fourth-order valence-corrected chi connectivity index (χ4v) is 1.48. The molecule has 1 N–H and O–H groups in total. The van der Waals surface area contributed by atoms with Gasteiger partial charge in [0.15, 0.2) is 5.82 Å². The van der Waals surface area contributed by atoms with E-state index in [9.17, 15) is 0 Å². The van der Waals surface area contributed by atoms with E-state index in [-0.39, 0.29) is 0 Å². The number of halogens is 1. The van der Waals surface area contributed by atoms with E-state index in [1.807, 2.05) is 14.0 Å². The summed E-state index contributed by atoms with van der Waals surface area (Å²) >= 11 is 5.79. The fraction of sp³-hybridized carbons (Fsp3) is 0.222. The van der Waals surface area contributed by atoms with Crippen LogP contribution in [0.3, 0.4) is 0 Å². The summed E-state index contributed by atoms with van der Waals surface area (Å²) in [5, 5.41) is 7.66. The Morgan fingerprint density at radius 2 is 2.20 bits per heavy atom. The topological polar surface area (TPSA) is 55.6 Å². The minimum atomic E-state index is 0.582. The van der Waals surface area contributed by atoms with Crippen molar-refractivity contribution < 1.29 is 0 Å². The van der Waals surface area contributed by atoms with E-state index in [0.717, 1.165) is 17.2 Å². The highest BCUT2D eigenvalue weighted by Crippen LogP contribution is 2.17. The fourth-order valence-electron chi connectivity index (χ4n) is 1.34. The molecule has 0 fully saturated rings. The summed E-state index contributed by atoms with van der Waals surface area (Å²) in [6.45, 7) is 1.93. The van der Waals surface area contributed by atoms with Gasteiger partial charge in [-0.2, -0.15) is 5.10 Å². The number of hydrogen-bond acceptors (Lipinski definition) is 4. The third-order valence-electron chi connectivity index (χ3n) is 2.06. The Bertz CT molecular complexity index is 479. The quantitative estimate of drug-likeness (QED) is 0.842. The first-order valence-electron chi connectivity index (χ1n) is 4.42. The number of hydrogen-bond donors (Lipinski definition) is 1. The van der Waals surface area contributed by atoms with E-state index in [4.69, 9.17) is 11.6 Å². The third-order valence-corrected chi connectivity index (χ3v) is 2.26. The zero-order valence-corrected chi connectivity index (χ0v) is 9.15. The molecule has 0 radical (unpaired) electrons. The second kappa shape index (κ2) is 3.86. The first kappa shape index (κ1) is 9.92. The van der Waals surface area contributed by atoms with E-state index in [0.29, 0.717) is 5.02 Å². The van der Waals surface area contributed by atoms with Gasteiger partial charge in [0.25, 0.3) is 0 Å².